The molecule has 0 radical (unpaired) electrons. The maximum atomic E-state index is 13.1. The van der Waals surface area contributed by atoms with Crippen molar-refractivity contribution in [3.63, 3.8) is 0 Å². The number of rotatable bonds is 45. The van der Waals surface area contributed by atoms with Crippen molar-refractivity contribution in [1.82, 2.24) is 0 Å². The van der Waals surface area contributed by atoms with E-state index in [4.69, 9.17) is 61.6 Å². The van der Waals surface area contributed by atoms with Crippen LogP contribution in [0.25, 0.3) is 0 Å². The van der Waals surface area contributed by atoms with E-state index >= 15 is 0 Å². The van der Waals surface area contributed by atoms with Crippen LogP contribution in [-0.2, 0) is 67.8 Å². The minimum atomic E-state index is -4.48. The maximum absolute atomic E-state index is 13.1. The molecule has 15 nitrogen and oxygen atoms in total. The van der Waals surface area contributed by atoms with Crippen molar-refractivity contribution < 1.29 is 79.5 Å². The molecule has 2 aromatic rings. The van der Waals surface area contributed by atoms with Crippen molar-refractivity contribution in [2.75, 3.05) is 170 Å². The zero-order valence-electron chi connectivity index (χ0n) is 37.2. The summed E-state index contributed by atoms with van der Waals surface area (Å²) < 4.78 is 110. The first-order chi connectivity index (χ1) is 30.9. The lowest BCUT2D eigenvalue weighted by molar-refractivity contribution is -0.137. The highest BCUT2D eigenvalue weighted by Gasteiger charge is 2.30. The summed E-state index contributed by atoms with van der Waals surface area (Å²) in [5.74, 6) is -0.630. The van der Waals surface area contributed by atoms with Crippen LogP contribution in [0.1, 0.15) is 54.9 Å². The standard InChI is InChI=1S/C45H72F3NO14/c1-2-3-4-5-8-14-51-15-16-52-17-18-53-19-20-54-21-22-55-23-24-56-25-26-57-27-28-58-29-30-59-31-32-60-33-34-61-35-36-62-37-38-63-44(50)42-12-6-7-13-43(42)49-41-11-9-10-40(39-41)45(46,47)48/h6-7,9-13,39,49H,2-5,8,14-38H2,1H3. The van der Waals surface area contributed by atoms with Crippen molar-refractivity contribution in [1.29, 1.82) is 0 Å². The van der Waals surface area contributed by atoms with E-state index in [1.54, 1.807) is 18.2 Å². The third-order valence-electron chi connectivity index (χ3n) is 8.56. The monoisotopic (exact) mass is 907 g/mol. The van der Waals surface area contributed by atoms with Gasteiger partial charge in [0.1, 0.15) is 6.61 Å². The van der Waals surface area contributed by atoms with Gasteiger partial charge in [-0.2, -0.15) is 13.2 Å². The lowest BCUT2D eigenvalue weighted by atomic mass is 10.1. The quantitative estimate of drug-likeness (QED) is 0.0550. The summed E-state index contributed by atoms with van der Waals surface area (Å²) in [7, 11) is 0. The summed E-state index contributed by atoms with van der Waals surface area (Å²) >= 11 is 0. The molecule has 63 heavy (non-hydrogen) atoms. The minimum absolute atomic E-state index is 0.00407. The summed E-state index contributed by atoms with van der Waals surface area (Å²) in [4.78, 5) is 12.6. The molecule has 0 fully saturated rings. The van der Waals surface area contributed by atoms with Crippen molar-refractivity contribution in [3.05, 3.63) is 59.7 Å². The number of benzene rings is 2. The zero-order chi connectivity index (χ0) is 45.2. The van der Waals surface area contributed by atoms with Gasteiger partial charge in [-0.1, -0.05) is 50.8 Å². The summed E-state index contributed by atoms with van der Waals surface area (Å²) in [5.41, 5.74) is -0.0946. The Hall–Kier alpha value is -2.98. The molecular formula is C45H72F3NO14. The molecule has 0 aliphatic rings. The molecule has 2 rings (SSSR count). The largest absolute Gasteiger partial charge is 0.460 e. The SMILES string of the molecule is CCCCCCCOCCOCCOCCOCCOCCOCCOCCOCCOCCOCCOCCOCCOC(=O)c1ccccc1Nc1cccc(C(F)(F)F)c1. The Morgan fingerprint density at radius 2 is 0.810 bits per heavy atom. The van der Waals surface area contributed by atoms with E-state index in [0.717, 1.165) is 25.2 Å². The van der Waals surface area contributed by atoms with Crippen molar-refractivity contribution >= 4 is 17.3 Å². The predicted molar refractivity (Wildman–Crippen MR) is 230 cm³/mol. The number of nitrogens with one attached hydrogen (secondary N) is 1. The van der Waals surface area contributed by atoms with E-state index in [1.807, 2.05) is 0 Å². The molecule has 0 aliphatic heterocycles. The molecule has 0 atom stereocenters. The predicted octanol–water partition coefficient (Wildman–Crippen LogP) is 6.78. The molecule has 0 amide bonds. The molecule has 0 saturated heterocycles. The maximum Gasteiger partial charge on any atom is 0.416 e. The number of esters is 1. The number of carbonyl (C=O) groups is 1. The van der Waals surface area contributed by atoms with Gasteiger partial charge in [0.05, 0.1) is 169 Å². The number of carbonyl (C=O) groups excluding carboxylic acids is 1. The summed E-state index contributed by atoms with van der Waals surface area (Å²) in [6, 6.07) is 11.1. The normalized spacial score (nSPS) is 11.7. The molecule has 0 saturated carbocycles. The van der Waals surface area contributed by atoms with Crippen LogP contribution in [0, 0.1) is 0 Å². The minimum Gasteiger partial charge on any atom is -0.460 e. The Labute approximate surface area is 371 Å². The fourth-order valence-corrected chi connectivity index (χ4v) is 5.30. The highest BCUT2D eigenvalue weighted by Crippen LogP contribution is 2.32. The second-order valence-electron chi connectivity index (χ2n) is 13.6. The number of hydrogen-bond donors (Lipinski definition) is 1. The highest BCUT2D eigenvalue weighted by atomic mass is 19.4. The molecule has 0 aromatic heterocycles. The Kier molecular flexibility index (Phi) is 36.1. The van der Waals surface area contributed by atoms with Gasteiger partial charge in [-0.25, -0.2) is 4.79 Å². The second-order valence-corrected chi connectivity index (χ2v) is 13.6. The molecule has 2 aromatic carbocycles. The van der Waals surface area contributed by atoms with E-state index < -0.39 is 17.7 Å². The fourth-order valence-electron chi connectivity index (χ4n) is 5.30. The molecule has 0 heterocycles. The number of ether oxygens (including phenoxy) is 13. The number of hydrogen-bond acceptors (Lipinski definition) is 15. The average Bonchev–Trinajstić information content (AvgIpc) is 3.28. The molecular weight excluding hydrogens is 835 g/mol. The van der Waals surface area contributed by atoms with Crippen LogP contribution in [0.5, 0.6) is 0 Å². The number of alkyl halides is 3. The van der Waals surface area contributed by atoms with Crippen LogP contribution in [0.2, 0.25) is 0 Å². The third kappa shape index (κ3) is 33.2. The van der Waals surface area contributed by atoms with Crippen LogP contribution in [-0.4, -0.2) is 171 Å². The number of anilines is 2. The molecule has 0 bridgehead atoms. The Morgan fingerprint density at radius 3 is 1.21 bits per heavy atom. The number of unbranched alkanes of at least 4 members (excludes halogenated alkanes) is 4. The van der Waals surface area contributed by atoms with Crippen molar-refractivity contribution in [2.45, 2.75) is 45.2 Å². The van der Waals surface area contributed by atoms with E-state index in [1.165, 1.54) is 43.9 Å². The van der Waals surface area contributed by atoms with Gasteiger partial charge in [0.2, 0.25) is 0 Å². The van der Waals surface area contributed by atoms with E-state index in [9.17, 15) is 18.0 Å². The number of halogens is 3. The first kappa shape index (κ1) is 56.2. The molecule has 0 unspecified atom stereocenters. The van der Waals surface area contributed by atoms with Gasteiger partial charge < -0.3 is 66.9 Å². The van der Waals surface area contributed by atoms with Gasteiger partial charge in [-0.3, -0.25) is 0 Å². The Bertz CT molecular complexity index is 1350. The van der Waals surface area contributed by atoms with Gasteiger partial charge in [0.25, 0.3) is 0 Å². The lowest BCUT2D eigenvalue weighted by Gasteiger charge is -2.13. The van der Waals surface area contributed by atoms with Gasteiger partial charge in [-0.15, -0.1) is 0 Å². The highest BCUT2D eigenvalue weighted by molar-refractivity contribution is 5.96. The van der Waals surface area contributed by atoms with Crippen molar-refractivity contribution in [3.8, 4) is 0 Å². The first-order valence-electron chi connectivity index (χ1n) is 22.0. The van der Waals surface area contributed by atoms with Crippen LogP contribution >= 0.6 is 0 Å². The first-order valence-corrected chi connectivity index (χ1v) is 22.0. The van der Waals surface area contributed by atoms with Crippen LogP contribution < -0.4 is 5.32 Å². The van der Waals surface area contributed by atoms with E-state index in [0.29, 0.717) is 151 Å². The van der Waals surface area contributed by atoms with Gasteiger partial charge in [-0.05, 0) is 36.8 Å². The molecule has 18 heteroatoms. The van der Waals surface area contributed by atoms with Crippen molar-refractivity contribution in [2.24, 2.45) is 0 Å². The summed E-state index contributed by atoms with van der Waals surface area (Å²) in [6.07, 6.45) is 1.73. The third-order valence-corrected chi connectivity index (χ3v) is 8.56. The summed E-state index contributed by atoms with van der Waals surface area (Å²) in [5, 5.41) is 2.86. The van der Waals surface area contributed by atoms with Gasteiger partial charge >= 0.3 is 12.1 Å². The zero-order valence-corrected chi connectivity index (χ0v) is 37.2. The molecule has 0 spiro atoms. The van der Waals surface area contributed by atoms with E-state index in [-0.39, 0.29) is 24.5 Å². The summed E-state index contributed by atoms with van der Waals surface area (Å²) in [6.45, 7) is 13.5. The average molecular weight is 908 g/mol. The van der Waals surface area contributed by atoms with Gasteiger partial charge in [0.15, 0.2) is 0 Å². The van der Waals surface area contributed by atoms with Crippen LogP contribution in [0.3, 0.4) is 0 Å². The second kappa shape index (κ2) is 40.5. The topological polar surface area (TPSA) is 149 Å². The van der Waals surface area contributed by atoms with Crippen LogP contribution in [0.4, 0.5) is 24.5 Å². The Morgan fingerprint density at radius 1 is 0.444 bits per heavy atom. The Balaban J connectivity index is 1.22. The molecule has 0 aliphatic carbocycles. The number of para-hydroxylation sites is 1. The molecule has 362 valence electrons. The van der Waals surface area contributed by atoms with Gasteiger partial charge in [0, 0.05) is 12.3 Å². The van der Waals surface area contributed by atoms with Crippen LogP contribution in [0.15, 0.2) is 48.5 Å². The molecule has 1 N–H and O–H groups in total. The smallest absolute Gasteiger partial charge is 0.416 e. The lowest BCUT2D eigenvalue weighted by Crippen LogP contribution is -2.16. The van der Waals surface area contributed by atoms with E-state index in [2.05, 4.69) is 12.2 Å². The fraction of sp³-hybridized carbons (Fsp3) is 0.711.